The van der Waals surface area contributed by atoms with E-state index >= 15 is 0 Å². The van der Waals surface area contributed by atoms with Gasteiger partial charge >= 0.3 is 0 Å². The van der Waals surface area contributed by atoms with E-state index in [0.29, 0.717) is 0 Å². The van der Waals surface area contributed by atoms with Gasteiger partial charge in [0.1, 0.15) is 11.5 Å². The summed E-state index contributed by atoms with van der Waals surface area (Å²) in [7, 11) is 0. The monoisotopic (exact) mass is 540 g/mol. The number of rotatable bonds is 0. The molecule has 1 unspecified atom stereocenters. The number of ether oxygens (including phenoxy) is 1. The summed E-state index contributed by atoms with van der Waals surface area (Å²) in [5, 5.41) is 4.87. The zero-order valence-electron chi connectivity index (χ0n) is 23.5. The molecule has 2 aliphatic heterocycles. The molecule has 42 heavy (non-hydrogen) atoms. The summed E-state index contributed by atoms with van der Waals surface area (Å²) in [4.78, 5) is 3.63. The molecule has 6 aromatic carbocycles. The van der Waals surface area contributed by atoms with Crippen LogP contribution in [0.5, 0.6) is 11.5 Å². The zero-order valence-corrected chi connectivity index (χ0v) is 23.5. The molecule has 0 saturated heterocycles. The fraction of sp³-hybridized carbons (Fsp3) is 0.0769. The predicted octanol–water partition coefficient (Wildman–Crippen LogP) is 10.2. The van der Waals surface area contributed by atoms with E-state index in [1.807, 2.05) is 13.8 Å². The number of aromatic amines is 1. The van der Waals surface area contributed by atoms with Gasteiger partial charge in [0.05, 0.1) is 33.0 Å². The lowest BCUT2D eigenvalue weighted by Gasteiger charge is -2.45. The van der Waals surface area contributed by atoms with E-state index < -0.39 is 5.41 Å². The summed E-state index contributed by atoms with van der Waals surface area (Å²) in [6.07, 6.45) is 0. The van der Waals surface area contributed by atoms with Crippen LogP contribution in [0.25, 0.3) is 49.3 Å². The van der Waals surface area contributed by atoms with Crippen molar-refractivity contribution in [1.29, 1.82) is 0 Å². The van der Waals surface area contributed by atoms with Crippen LogP contribution in [0.15, 0.2) is 127 Å². The van der Waals surface area contributed by atoms with Crippen LogP contribution in [0.2, 0.25) is 0 Å². The molecule has 2 aromatic heterocycles. The first-order valence-electron chi connectivity index (χ1n) is 14.8. The van der Waals surface area contributed by atoms with E-state index in [4.69, 9.17) is 4.74 Å². The van der Waals surface area contributed by atoms with Gasteiger partial charge in [-0.3, -0.25) is 0 Å². The van der Waals surface area contributed by atoms with Crippen molar-refractivity contribution in [2.24, 2.45) is 0 Å². The van der Waals surface area contributed by atoms with Gasteiger partial charge in [-0.1, -0.05) is 111 Å². The molecule has 0 amide bonds. The normalized spacial score (nSPS) is 16.1. The van der Waals surface area contributed by atoms with Crippen molar-refractivity contribution >= 4 is 43.6 Å². The summed E-state index contributed by atoms with van der Waals surface area (Å²) >= 11 is 0. The van der Waals surface area contributed by atoms with Gasteiger partial charge < -0.3 is 14.3 Å². The van der Waals surface area contributed by atoms with Crippen LogP contribution in [0.1, 0.15) is 36.1 Å². The molecule has 4 heterocycles. The van der Waals surface area contributed by atoms with Crippen LogP contribution in [-0.4, -0.2) is 9.55 Å². The second-order valence-electron chi connectivity index (χ2n) is 11.0. The Morgan fingerprint density at radius 1 is 0.548 bits per heavy atom. The maximum atomic E-state index is 6.92. The van der Waals surface area contributed by atoms with Gasteiger partial charge in [0.2, 0.25) is 0 Å². The molecular weight excluding hydrogens is 512 g/mol. The molecular formula is C39H28N2O. The molecule has 0 radical (unpaired) electrons. The van der Waals surface area contributed by atoms with Crippen molar-refractivity contribution in [2.75, 3.05) is 0 Å². The van der Waals surface area contributed by atoms with Crippen molar-refractivity contribution in [3.8, 4) is 17.2 Å². The number of H-pyrrole nitrogens is 1. The van der Waals surface area contributed by atoms with Crippen LogP contribution < -0.4 is 4.74 Å². The van der Waals surface area contributed by atoms with Crippen LogP contribution in [0, 0.1) is 0 Å². The number of fused-ring (bicyclic) bond motifs is 15. The molecule has 1 spiro atoms. The van der Waals surface area contributed by atoms with E-state index in [0.717, 1.165) is 27.9 Å². The molecule has 0 fully saturated rings. The first kappa shape index (κ1) is 23.4. The molecule has 0 saturated carbocycles. The molecule has 0 bridgehead atoms. The fourth-order valence-corrected chi connectivity index (χ4v) is 7.71. The lowest BCUT2D eigenvalue weighted by molar-refractivity contribution is 0.439. The van der Waals surface area contributed by atoms with E-state index in [9.17, 15) is 0 Å². The van der Waals surface area contributed by atoms with Gasteiger partial charge in [-0.15, -0.1) is 0 Å². The van der Waals surface area contributed by atoms with Gasteiger partial charge in [0.25, 0.3) is 0 Å². The summed E-state index contributed by atoms with van der Waals surface area (Å²) in [6.45, 7) is 4.00. The van der Waals surface area contributed by atoms with Crippen LogP contribution in [-0.2, 0) is 5.41 Å². The Morgan fingerprint density at radius 2 is 1.24 bits per heavy atom. The quantitative estimate of drug-likeness (QED) is 0.204. The molecule has 0 aliphatic carbocycles. The minimum atomic E-state index is -0.544. The van der Waals surface area contributed by atoms with Gasteiger partial charge in [0.15, 0.2) is 0 Å². The molecule has 3 heteroatoms. The highest BCUT2D eigenvalue weighted by atomic mass is 16.5. The largest absolute Gasteiger partial charge is 0.456 e. The first-order chi connectivity index (χ1) is 20.9. The lowest BCUT2D eigenvalue weighted by atomic mass is 9.61. The SMILES string of the molecule is CC.c1ccc2c(c1)Oc1c(ccc3[nH]c4ccccc4c13)C21c2ccccc2-n2c3ccccc3c3cccc1c32. The second-order valence-corrected chi connectivity index (χ2v) is 11.0. The lowest BCUT2D eigenvalue weighted by Crippen LogP contribution is -2.37. The van der Waals surface area contributed by atoms with Gasteiger partial charge in [-0.05, 0) is 41.5 Å². The molecule has 8 aromatic rings. The molecule has 10 rings (SSSR count). The number of nitrogens with zero attached hydrogens (tertiary/aromatic N) is 1. The van der Waals surface area contributed by atoms with Crippen LogP contribution >= 0.6 is 0 Å². The number of benzene rings is 6. The number of hydrogen-bond donors (Lipinski definition) is 1. The van der Waals surface area contributed by atoms with E-state index in [2.05, 4.69) is 137 Å². The molecule has 1 N–H and O–H groups in total. The number of hydrogen-bond acceptors (Lipinski definition) is 1. The molecule has 1 atom stereocenters. The standard InChI is InChI=1S/C37H22N2O.C2H6/c1-5-16-29-24(11-1)34-30(38-29)21-20-28-36(34)40-33-19-8-4-14-26(33)37(28)25-13-3-7-18-32(25)39-31-17-6-2-10-22(31)23-12-9-15-27(37)35(23)39;1-2/h1-21,38H;1-2H3. The number of para-hydroxylation sites is 5. The van der Waals surface area contributed by atoms with Gasteiger partial charge in [-0.2, -0.15) is 0 Å². The van der Waals surface area contributed by atoms with Crippen LogP contribution in [0.3, 0.4) is 0 Å². The highest BCUT2D eigenvalue weighted by Crippen LogP contribution is 2.61. The third-order valence-electron chi connectivity index (χ3n) is 9.18. The Labute approximate surface area is 243 Å². The average Bonchev–Trinajstić information content (AvgIpc) is 3.61. The third-order valence-corrected chi connectivity index (χ3v) is 9.18. The van der Waals surface area contributed by atoms with Crippen molar-refractivity contribution in [3.63, 3.8) is 0 Å². The molecule has 3 nitrogen and oxygen atoms in total. The van der Waals surface area contributed by atoms with Gasteiger partial charge in [-0.25, -0.2) is 0 Å². The summed E-state index contributed by atoms with van der Waals surface area (Å²) in [6, 6.07) is 46.2. The van der Waals surface area contributed by atoms with E-state index in [1.54, 1.807) is 0 Å². The first-order valence-corrected chi connectivity index (χ1v) is 14.8. The van der Waals surface area contributed by atoms with Crippen LogP contribution in [0.4, 0.5) is 0 Å². The Kier molecular flexibility index (Phi) is 4.67. The fourth-order valence-electron chi connectivity index (χ4n) is 7.71. The van der Waals surface area contributed by atoms with Crippen molar-refractivity contribution in [2.45, 2.75) is 19.3 Å². The number of aromatic nitrogens is 2. The summed E-state index contributed by atoms with van der Waals surface area (Å²) in [5.41, 5.74) is 10.3. The van der Waals surface area contributed by atoms with Crippen molar-refractivity contribution < 1.29 is 4.74 Å². The summed E-state index contributed by atoms with van der Waals surface area (Å²) in [5.74, 6) is 1.84. The maximum absolute atomic E-state index is 6.92. The summed E-state index contributed by atoms with van der Waals surface area (Å²) < 4.78 is 9.39. The third kappa shape index (κ3) is 2.66. The second kappa shape index (κ2) is 8.37. The number of nitrogens with one attached hydrogen (secondary N) is 1. The van der Waals surface area contributed by atoms with Gasteiger partial charge in [0, 0.05) is 32.8 Å². The zero-order chi connectivity index (χ0) is 28.0. The maximum Gasteiger partial charge on any atom is 0.142 e. The van der Waals surface area contributed by atoms with E-state index in [-0.39, 0.29) is 0 Å². The highest BCUT2D eigenvalue weighted by Gasteiger charge is 2.50. The Hall–Kier alpha value is -5.28. The Bertz CT molecular complexity index is 2370. The topological polar surface area (TPSA) is 29.9 Å². The average molecular weight is 541 g/mol. The minimum absolute atomic E-state index is 0.544. The molecule has 200 valence electrons. The molecule has 2 aliphatic rings. The Balaban J connectivity index is 0.00000123. The van der Waals surface area contributed by atoms with Crippen molar-refractivity contribution in [3.05, 3.63) is 150 Å². The predicted molar refractivity (Wildman–Crippen MR) is 173 cm³/mol. The Morgan fingerprint density at radius 3 is 2.14 bits per heavy atom. The van der Waals surface area contributed by atoms with E-state index in [1.165, 1.54) is 55.1 Å². The highest BCUT2D eigenvalue weighted by molar-refractivity contribution is 6.14. The smallest absolute Gasteiger partial charge is 0.142 e. The van der Waals surface area contributed by atoms with Crippen molar-refractivity contribution in [1.82, 2.24) is 9.55 Å². The minimum Gasteiger partial charge on any atom is -0.456 e.